The molecule has 9 aromatic rings. The van der Waals surface area contributed by atoms with Crippen LogP contribution in [0.1, 0.15) is 0 Å². The quantitative estimate of drug-likeness (QED) is 0.145. The average Bonchev–Trinajstić information content (AvgIpc) is 3.28. The maximum absolute atomic E-state index is 2.39. The van der Waals surface area contributed by atoms with Crippen LogP contribution in [0, 0.1) is 0 Å². The van der Waals surface area contributed by atoms with E-state index in [2.05, 4.69) is 241 Å². The number of nitrogens with zero attached hydrogens (tertiary/aromatic N) is 1. The summed E-state index contributed by atoms with van der Waals surface area (Å²) >= 11 is 0. The van der Waals surface area contributed by atoms with Crippen molar-refractivity contribution in [3.8, 4) is 66.8 Å². The Bertz CT molecular complexity index is 2570. The maximum atomic E-state index is 2.39. The van der Waals surface area contributed by atoms with E-state index in [1.54, 1.807) is 0 Å². The molecule has 0 bridgehead atoms. The molecule has 0 aliphatic carbocycles. The van der Waals surface area contributed by atoms with Gasteiger partial charge >= 0.3 is 0 Å². The highest BCUT2D eigenvalue weighted by atomic mass is 15.1. The first-order valence-corrected chi connectivity index (χ1v) is 18.8. The van der Waals surface area contributed by atoms with Gasteiger partial charge < -0.3 is 4.90 Å². The Morgan fingerprint density at radius 1 is 0.182 bits per heavy atom. The van der Waals surface area contributed by atoms with E-state index < -0.39 is 0 Å². The minimum absolute atomic E-state index is 1.09. The summed E-state index contributed by atoms with van der Waals surface area (Å²) in [4.78, 5) is 2.39. The summed E-state index contributed by atoms with van der Waals surface area (Å²) in [7, 11) is 0. The Hall–Kier alpha value is -7.22. The van der Waals surface area contributed by atoms with Gasteiger partial charge in [-0.1, -0.05) is 188 Å². The lowest BCUT2D eigenvalue weighted by atomic mass is 9.94. The van der Waals surface area contributed by atoms with Crippen molar-refractivity contribution >= 4 is 17.1 Å². The Balaban J connectivity index is 1.17. The van der Waals surface area contributed by atoms with E-state index in [9.17, 15) is 0 Å². The van der Waals surface area contributed by atoms with Crippen LogP contribution in [0.5, 0.6) is 0 Å². The van der Waals surface area contributed by atoms with Crippen LogP contribution in [0.15, 0.2) is 237 Å². The van der Waals surface area contributed by atoms with Crippen LogP contribution in [0.25, 0.3) is 66.8 Å². The topological polar surface area (TPSA) is 3.24 Å². The molecule has 0 heterocycles. The highest BCUT2D eigenvalue weighted by Crippen LogP contribution is 2.41. The van der Waals surface area contributed by atoms with E-state index in [0.717, 1.165) is 28.2 Å². The summed E-state index contributed by atoms with van der Waals surface area (Å²) in [6.45, 7) is 0. The predicted octanol–water partition coefficient (Wildman–Crippen LogP) is 15.2. The fourth-order valence-corrected chi connectivity index (χ4v) is 7.53. The van der Waals surface area contributed by atoms with Gasteiger partial charge in [0.2, 0.25) is 0 Å². The van der Waals surface area contributed by atoms with E-state index in [-0.39, 0.29) is 0 Å². The monoisotopic (exact) mass is 701 g/mol. The Morgan fingerprint density at radius 3 is 0.891 bits per heavy atom. The number of anilines is 3. The van der Waals surface area contributed by atoms with Crippen molar-refractivity contribution in [3.63, 3.8) is 0 Å². The second-order valence-electron chi connectivity index (χ2n) is 13.8. The highest BCUT2D eigenvalue weighted by Gasteiger charge is 2.17. The van der Waals surface area contributed by atoms with E-state index >= 15 is 0 Å². The standard InChI is InChI=1S/C54H39N/c1-4-17-40(18-5-1)43-23-12-25-45(35-43)47-27-14-30-50(37-47)55(51-31-15-28-48(38-51)46-26-13-24-44(36-46)41-19-6-2-7-20-41)52-32-16-29-49(39-52)54-34-11-10-33-53(54)42-21-8-3-9-22-42/h1-39H. The summed E-state index contributed by atoms with van der Waals surface area (Å²) < 4.78 is 0. The molecule has 1 nitrogen and oxygen atoms in total. The molecule has 0 amide bonds. The van der Waals surface area contributed by atoms with Gasteiger partial charge in [-0.25, -0.2) is 0 Å². The fourth-order valence-electron chi connectivity index (χ4n) is 7.53. The zero-order valence-electron chi connectivity index (χ0n) is 30.5. The summed E-state index contributed by atoms with van der Waals surface area (Å²) in [6, 6.07) is 85.0. The lowest BCUT2D eigenvalue weighted by molar-refractivity contribution is 1.28. The van der Waals surface area contributed by atoms with Crippen molar-refractivity contribution in [2.24, 2.45) is 0 Å². The molecule has 9 rings (SSSR count). The Morgan fingerprint density at radius 2 is 0.455 bits per heavy atom. The average molecular weight is 702 g/mol. The molecule has 0 atom stereocenters. The molecule has 260 valence electrons. The molecular weight excluding hydrogens is 663 g/mol. The first-order chi connectivity index (χ1) is 27.3. The Labute approximate surface area is 324 Å². The van der Waals surface area contributed by atoms with Crippen LogP contribution in [0.2, 0.25) is 0 Å². The first-order valence-electron chi connectivity index (χ1n) is 18.8. The van der Waals surface area contributed by atoms with Gasteiger partial charge in [0, 0.05) is 17.1 Å². The largest absolute Gasteiger partial charge is 0.310 e. The van der Waals surface area contributed by atoms with Crippen molar-refractivity contribution in [2.45, 2.75) is 0 Å². The second-order valence-corrected chi connectivity index (χ2v) is 13.8. The van der Waals surface area contributed by atoms with Crippen molar-refractivity contribution in [1.82, 2.24) is 0 Å². The number of hydrogen-bond donors (Lipinski definition) is 0. The third-order valence-corrected chi connectivity index (χ3v) is 10.2. The molecule has 0 saturated heterocycles. The summed E-state index contributed by atoms with van der Waals surface area (Å²) in [5, 5.41) is 0. The van der Waals surface area contributed by atoms with Gasteiger partial charge in [0.15, 0.2) is 0 Å². The highest BCUT2D eigenvalue weighted by molar-refractivity contribution is 5.88. The number of hydrogen-bond acceptors (Lipinski definition) is 1. The van der Waals surface area contributed by atoms with Gasteiger partial charge in [-0.05, 0) is 115 Å². The van der Waals surface area contributed by atoms with Gasteiger partial charge in [0.25, 0.3) is 0 Å². The third kappa shape index (κ3) is 7.25. The Kier molecular flexibility index (Phi) is 9.41. The molecule has 0 aliphatic rings. The van der Waals surface area contributed by atoms with E-state index in [1.165, 1.54) is 55.6 Å². The van der Waals surface area contributed by atoms with Crippen molar-refractivity contribution in [3.05, 3.63) is 237 Å². The third-order valence-electron chi connectivity index (χ3n) is 10.2. The maximum Gasteiger partial charge on any atom is 0.0467 e. The molecule has 0 fully saturated rings. The minimum atomic E-state index is 1.09. The lowest BCUT2D eigenvalue weighted by Crippen LogP contribution is -2.10. The fraction of sp³-hybridized carbons (Fsp3) is 0. The zero-order chi connectivity index (χ0) is 36.8. The normalized spacial score (nSPS) is 10.9. The minimum Gasteiger partial charge on any atom is -0.310 e. The van der Waals surface area contributed by atoms with Crippen LogP contribution in [0.4, 0.5) is 17.1 Å². The SMILES string of the molecule is c1ccc(-c2cccc(-c3cccc(N(c4cccc(-c5cccc(-c6ccccc6)c5)c4)c4cccc(-c5ccccc5-c5ccccc5)c4)c3)c2)cc1. The summed E-state index contributed by atoms with van der Waals surface area (Å²) in [6.07, 6.45) is 0. The van der Waals surface area contributed by atoms with Crippen LogP contribution in [-0.2, 0) is 0 Å². The zero-order valence-corrected chi connectivity index (χ0v) is 30.5. The van der Waals surface area contributed by atoms with Gasteiger partial charge in [-0.15, -0.1) is 0 Å². The summed E-state index contributed by atoms with van der Waals surface area (Å²) in [5.41, 5.74) is 17.6. The molecular formula is C54H39N. The van der Waals surface area contributed by atoms with Gasteiger partial charge in [-0.2, -0.15) is 0 Å². The van der Waals surface area contributed by atoms with Gasteiger partial charge in [0.1, 0.15) is 0 Å². The number of rotatable bonds is 9. The molecule has 0 unspecified atom stereocenters. The van der Waals surface area contributed by atoms with Crippen LogP contribution in [-0.4, -0.2) is 0 Å². The summed E-state index contributed by atoms with van der Waals surface area (Å²) in [5.74, 6) is 0. The molecule has 0 N–H and O–H groups in total. The first kappa shape index (κ1) is 33.6. The van der Waals surface area contributed by atoms with Crippen LogP contribution in [0.3, 0.4) is 0 Å². The molecule has 0 spiro atoms. The van der Waals surface area contributed by atoms with Gasteiger partial charge in [-0.3, -0.25) is 0 Å². The number of benzene rings is 9. The van der Waals surface area contributed by atoms with Crippen molar-refractivity contribution in [1.29, 1.82) is 0 Å². The predicted molar refractivity (Wildman–Crippen MR) is 234 cm³/mol. The molecule has 1 heteroatoms. The molecule has 0 aliphatic heterocycles. The van der Waals surface area contributed by atoms with E-state index in [4.69, 9.17) is 0 Å². The molecule has 55 heavy (non-hydrogen) atoms. The van der Waals surface area contributed by atoms with E-state index in [0.29, 0.717) is 0 Å². The van der Waals surface area contributed by atoms with Crippen LogP contribution < -0.4 is 4.90 Å². The van der Waals surface area contributed by atoms with Crippen molar-refractivity contribution in [2.75, 3.05) is 4.90 Å². The van der Waals surface area contributed by atoms with E-state index in [1.807, 2.05) is 0 Å². The lowest BCUT2D eigenvalue weighted by Gasteiger charge is -2.27. The molecule has 9 aromatic carbocycles. The molecule has 0 radical (unpaired) electrons. The molecule has 0 aromatic heterocycles. The van der Waals surface area contributed by atoms with Gasteiger partial charge in [0.05, 0.1) is 0 Å². The smallest absolute Gasteiger partial charge is 0.0467 e. The van der Waals surface area contributed by atoms with Crippen molar-refractivity contribution < 1.29 is 0 Å². The second kappa shape index (κ2) is 15.4. The molecule has 0 saturated carbocycles. The van der Waals surface area contributed by atoms with Crippen LogP contribution >= 0.6 is 0 Å².